The molecule has 0 aromatic heterocycles. The molecule has 6 nitrogen and oxygen atoms in total. The van der Waals surface area contributed by atoms with Crippen molar-refractivity contribution in [2.45, 2.75) is 62.7 Å². The Hall–Kier alpha value is -3.16. The molecule has 3 rings (SSSR count). The van der Waals surface area contributed by atoms with Crippen molar-refractivity contribution in [3.05, 3.63) is 95.0 Å². The van der Waals surface area contributed by atoms with E-state index in [4.69, 9.17) is 16.7 Å². The highest BCUT2D eigenvalue weighted by atomic mass is 35.5. The van der Waals surface area contributed by atoms with Crippen molar-refractivity contribution in [2.24, 2.45) is 0 Å². The molecule has 0 aliphatic rings. The standard InChI is InChI=1S/C30H34ClNO5S/c31-28-23-26(20-21-27(28)30(35)24-15-9-7-10-16-24)38(36,37)32(25-17-11-8-12-18-25)22-14-6-4-2-1-3-5-13-19-29(33)34/h7-12,15-18,20-21,23H,1-6,13-14,19,22H2,(H,33,34). The number of nitrogens with zero attached hydrogens (tertiary/aromatic N) is 1. The Morgan fingerprint density at radius 3 is 1.87 bits per heavy atom. The second-order valence-corrected chi connectivity index (χ2v) is 11.5. The molecule has 8 heteroatoms. The Balaban J connectivity index is 1.64. The molecule has 0 saturated heterocycles. The molecule has 202 valence electrons. The predicted molar refractivity (Wildman–Crippen MR) is 151 cm³/mol. The van der Waals surface area contributed by atoms with Crippen LogP contribution in [0.4, 0.5) is 5.69 Å². The second kappa shape index (κ2) is 14.7. The van der Waals surface area contributed by atoms with Gasteiger partial charge in [-0.05, 0) is 43.2 Å². The van der Waals surface area contributed by atoms with E-state index in [9.17, 15) is 18.0 Å². The van der Waals surface area contributed by atoms with E-state index in [1.165, 1.54) is 22.5 Å². The van der Waals surface area contributed by atoms with Gasteiger partial charge in [0.1, 0.15) is 0 Å². The number of carbonyl (C=O) groups excluding carboxylic acids is 1. The van der Waals surface area contributed by atoms with E-state index in [0.717, 1.165) is 38.5 Å². The lowest BCUT2D eigenvalue weighted by molar-refractivity contribution is -0.137. The molecule has 0 bridgehead atoms. The smallest absolute Gasteiger partial charge is 0.303 e. The number of sulfonamides is 1. The van der Waals surface area contributed by atoms with Gasteiger partial charge in [0.05, 0.1) is 15.6 Å². The van der Waals surface area contributed by atoms with Crippen molar-refractivity contribution in [1.82, 2.24) is 0 Å². The quantitative estimate of drug-likeness (QED) is 0.147. The van der Waals surface area contributed by atoms with E-state index in [2.05, 4.69) is 0 Å². The molecular formula is C30H34ClNO5S. The first-order chi connectivity index (χ1) is 18.3. The van der Waals surface area contributed by atoms with E-state index < -0.39 is 16.0 Å². The summed E-state index contributed by atoms with van der Waals surface area (Å²) in [7, 11) is -3.91. The SMILES string of the molecule is O=C(O)CCCCCCCCCCN(c1ccccc1)S(=O)(=O)c1ccc(C(=O)c2ccccc2)c(Cl)c1. The number of carboxylic acids is 1. The number of aliphatic carboxylic acids is 1. The van der Waals surface area contributed by atoms with Gasteiger partial charge in [-0.1, -0.05) is 98.7 Å². The van der Waals surface area contributed by atoms with Gasteiger partial charge in [0, 0.05) is 24.1 Å². The number of hydrogen-bond acceptors (Lipinski definition) is 4. The zero-order valence-electron chi connectivity index (χ0n) is 21.4. The number of rotatable bonds is 16. The van der Waals surface area contributed by atoms with E-state index in [1.54, 1.807) is 48.5 Å². The first-order valence-corrected chi connectivity index (χ1v) is 14.8. The average Bonchev–Trinajstić information content (AvgIpc) is 2.92. The van der Waals surface area contributed by atoms with Crippen LogP contribution in [0.2, 0.25) is 5.02 Å². The van der Waals surface area contributed by atoms with Crippen LogP contribution in [0.5, 0.6) is 0 Å². The zero-order valence-corrected chi connectivity index (χ0v) is 23.0. The Labute approximate surface area is 230 Å². The van der Waals surface area contributed by atoms with Crippen LogP contribution in [0.15, 0.2) is 83.8 Å². The molecule has 0 amide bonds. The van der Waals surface area contributed by atoms with Crippen LogP contribution in [0.3, 0.4) is 0 Å². The van der Waals surface area contributed by atoms with Crippen LogP contribution >= 0.6 is 11.6 Å². The Morgan fingerprint density at radius 1 is 0.737 bits per heavy atom. The van der Waals surface area contributed by atoms with Gasteiger partial charge in [-0.25, -0.2) is 8.42 Å². The van der Waals surface area contributed by atoms with Crippen LogP contribution < -0.4 is 4.31 Å². The fraction of sp³-hybridized carbons (Fsp3) is 0.333. The van der Waals surface area contributed by atoms with Crippen LogP contribution in [-0.4, -0.2) is 31.8 Å². The molecule has 0 atom stereocenters. The van der Waals surface area contributed by atoms with Crippen molar-refractivity contribution in [2.75, 3.05) is 10.8 Å². The van der Waals surface area contributed by atoms with Gasteiger partial charge < -0.3 is 5.11 Å². The molecular weight excluding hydrogens is 522 g/mol. The lowest BCUT2D eigenvalue weighted by Gasteiger charge is -2.25. The van der Waals surface area contributed by atoms with Crippen molar-refractivity contribution < 1.29 is 23.1 Å². The number of carbonyl (C=O) groups is 2. The summed E-state index contributed by atoms with van der Waals surface area (Å²) in [5, 5.41) is 8.79. The van der Waals surface area contributed by atoms with Gasteiger partial charge in [0.2, 0.25) is 0 Å². The minimum atomic E-state index is -3.91. The second-order valence-electron chi connectivity index (χ2n) is 9.22. The maximum absolute atomic E-state index is 13.7. The van der Waals surface area contributed by atoms with Crippen LogP contribution in [0, 0.1) is 0 Å². The minimum absolute atomic E-state index is 0.0392. The lowest BCUT2D eigenvalue weighted by Crippen LogP contribution is -2.32. The molecule has 0 heterocycles. The summed E-state index contributed by atoms with van der Waals surface area (Å²) in [5.74, 6) is -1.01. The summed E-state index contributed by atoms with van der Waals surface area (Å²) in [6.45, 7) is 0.327. The number of unbranched alkanes of at least 4 members (excludes halogenated alkanes) is 7. The Bertz CT molecular complexity index is 1300. The number of ketones is 1. The molecule has 0 aliphatic carbocycles. The molecule has 38 heavy (non-hydrogen) atoms. The van der Waals surface area contributed by atoms with Crippen molar-refractivity contribution in [1.29, 1.82) is 0 Å². The maximum atomic E-state index is 13.7. The molecule has 3 aromatic carbocycles. The fourth-order valence-corrected chi connectivity index (χ4v) is 6.15. The van der Waals surface area contributed by atoms with Gasteiger partial charge in [0.15, 0.2) is 5.78 Å². The Morgan fingerprint density at radius 2 is 1.29 bits per heavy atom. The van der Waals surface area contributed by atoms with Gasteiger partial charge in [-0.2, -0.15) is 0 Å². The summed E-state index contributed by atoms with van der Waals surface area (Å²) in [6.07, 6.45) is 7.54. The van der Waals surface area contributed by atoms with E-state index in [0.29, 0.717) is 30.6 Å². The molecule has 1 N–H and O–H groups in total. The van der Waals surface area contributed by atoms with Crippen LogP contribution in [0.1, 0.15) is 73.7 Å². The number of hydrogen-bond donors (Lipinski definition) is 1. The summed E-state index contributed by atoms with van der Waals surface area (Å²) in [4.78, 5) is 23.5. The van der Waals surface area contributed by atoms with E-state index >= 15 is 0 Å². The largest absolute Gasteiger partial charge is 0.481 e. The third-order valence-corrected chi connectivity index (χ3v) is 8.49. The molecule has 3 aromatic rings. The molecule has 0 saturated carbocycles. The number of anilines is 1. The van der Waals surface area contributed by atoms with Gasteiger partial charge in [-0.15, -0.1) is 0 Å². The van der Waals surface area contributed by atoms with E-state index in [1.807, 2.05) is 12.1 Å². The average molecular weight is 556 g/mol. The third-order valence-electron chi connectivity index (χ3n) is 6.36. The molecule has 0 fully saturated rings. The normalized spacial score (nSPS) is 11.3. The number of benzene rings is 3. The van der Waals surface area contributed by atoms with Crippen molar-refractivity contribution in [3.63, 3.8) is 0 Å². The summed E-state index contributed by atoms with van der Waals surface area (Å²) < 4.78 is 28.8. The van der Waals surface area contributed by atoms with Crippen molar-refractivity contribution in [3.8, 4) is 0 Å². The molecule has 0 radical (unpaired) electrons. The third kappa shape index (κ3) is 8.43. The summed E-state index contributed by atoms with van der Waals surface area (Å²) in [6, 6.07) is 22.0. The highest BCUT2D eigenvalue weighted by molar-refractivity contribution is 7.92. The Kier molecular flexibility index (Phi) is 11.4. The zero-order chi connectivity index (χ0) is 27.4. The highest BCUT2D eigenvalue weighted by Gasteiger charge is 2.26. The maximum Gasteiger partial charge on any atom is 0.303 e. The van der Waals surface area contributed by atoms with Crippen LogP contribution in [0.25, 0.3) is 0 Å². The summed E-state index contributed by atoms with van der Waals surface area (Å²) >= 11 is 6.42. The van der Waals surface area contributed by atoms with Gasteiger partial charge in [-0.3, -0.25) is 13.9 Å². The number of carboxylic acid groups (broad SMARTS) is 1. The van der Waals surface area contributed by atoms with Gasteiger partial charge in [0.25, 0.3) is 10.0 Å². The molecule has 0 unspecified atom stereocenters. The topological polar surface area (TPSA) is 91.8 Å². The minimum Gasteiger partial charge on any atom is -0.481 e. The highest BCUT2D eigenvalue weighted by Crippen LogP contribution is 2.28. The number of halogens is 1. The van der Waals surface area contributed by atoms with Gasteiger partial charge >= 0.3 is 5.97 Å². The van der Waals surface area contributed by atoms with Crippen molar-refractivity contribution >= 4 is 39.1 Å². The first-order valence-electron chi connectivity index (χ1n) is 13.0. The first kappa shape index (κ1) is 29.4. The fourth-order valence-electron chi connectivity index (χ4n) is 4.29. The summed E-state index contributed by atoms with van der Waals surface area (Å²) in [5.41, 5.74) is 1.31. The molecule has 0 spiro atoms. The lowest BCUT2D eigenvalue weighted by atomic mass is 10.0. The van der Waals surface area contributed by atoms with Crippen LogP contribution in [-0.2, 0) is 14.8 Å². The molecule has 0 aliphatic heterocycles. The van der Waals surface area contributed by atoms with E-state index in [-0.39, 0.29) is 27.7 Å². The monoisotopic (exact) mass is 555 g/mol. The predicted octanol–water partition coefficient (Wildman–Crippen LogP) is 7.36. The number of para-hydroxylation sites is 1.